The quantitative estimate of drug-likeness (QED) is 0.360. The topological polar surface area (TPSA) is 110 Å². The summed E-state index contributed by atoms with van der Waals surface area (Å²) in [7, 11) is 0. The van der Waals surface area contributed by atoms with Gasteiger partial charge >= 0.3 is 0 Å². The standard InChI is InChI=1S/C26H26N6O3/c1-18-15-23(19(2)32(18)22-9-4-3-5-10-22)26(35)30-29-25(34)20-7-6-8-21(16-20)28-24(33)11-13-31-14-12-27-17-31/h3-10,12,14-17H,11,13H2,1-2H3,(H,28,33)(H,29,34)(H,30,35). The van der Waals surface area contributed by atoms with Gasteiger partial charge in [0.25, 0.3) is 11.8 Å². The van der Waals surface area contributed by atoms with Crippen LogP contribution >= 0.6 is 0 Å². The Morgan fingerprint density at radius 2 is 1.69 bits per heavy atom. The van der Waals surface area contributed by atoms with Gasteiger partial charge in [0.2, 0.25) is 5.91 Å². The van der Waals surface area contributed by atoms with Gasteiger partial charge in [-0.15, -0.1) is 0 Å². The summed E-state index contributed by atoms with van der Waals surface area (Å²) in [6.45, 7) is 4.28. The van der Waals surface area contributed by atoms with Crippen molar-refractivity contribution in [3.05, 3.63) is 102 Å². The highest BCUT2D eigenvalue weighted by molar-refractivity contribution is 6.01. The summed E-state index contributed by atoms with van der Waals surface area (Å²) in [6, 6.07) is 18.0. The van der Waals surface area contributed by atoms with Crippen LogP contribution in [0.3, 0.4) is 0 Å². The molecule has 0 saturated heterocycles. The van der Waals surface area contributed by atoms with Crippen molar-refractivity contribution in [2.75, 3.05) is 5.32 Å². The number of benzene rings is 2. The molecule has 9 heteroatoms. The van der Waals surface area contributed by atoms with Gasteiger partial charge in [-0.25, -0.2) is 4.98 Å². The van der Waals surface area contributed by atoms with E-state index in [1.165, 1.54) is 0 Å². The lowest BCUT2D eigenvalue weighted by Crippen LogP contribution is -2.41. The fourth-order valence-electron chi connectivity index (χ4n) is 3.83. The molecule has 4 rings (SSSR count). The molecule has 3 N–H and O–H groups in total. The number of hydrazine groups is 1. The lowest BCUT2D eigenvalue weighted by atomic mass is 10.2. The Hall–Kier alpha value is -4.66. The van der Waals surface area contributed by atoms with Gasteiger partial charge in [0, 0.05) is 53.7 Å². The lowest BCUT2D eigenvalue weighted by Gasteiger charge is -2.11. The summed E-state index contributed by atoms with van der Waals surface area (Å²) in [6.07, 6.45) is 5.35. The molecule has 0 fully saturated rings. The molecule has 0 spiro atoms. The van der Waals surface area contributed by atoms with E-state index in [9.17, 15) is 14.4 Å². The Balaban J connectivity index is 1.36. The normalized spacial score (nSPS) is 10.6. The summed E-state index contributed by atoms with van der Waals surface area (Å²) in [5, 5.41) is 2.78. The Kier molecular flexibility index (Phi) is 7.06. The average molecular weight is 471 g/mol. The smallest absolute Gasteiger partial charge is 0.271 e. The minimum atomic E-state index is -0.496. The SMILES string of the molecule is Cc1cc(C(=O)NNC(=O)c2cccc(NC(=O)CCn3ccnc3)c2)c(C)n1-c1ccccc1. The van der Waals surface area contributed by atoms with Gasteiger partial charge in [-0.2, -0.15) is 0 Å². The van der Waals surface area contributed by atoms with Crippen molar-refractivity contribution in [1.82, 2.24) is 25.0 Å². The molecule has 9 nitrogen and oxygen atoms in total. The fraction of sp³-hybridized carbons (Fsp3) is 0.154. The van der Waals surface area contributed by atoms with E-state index in [-0.39, 0.29) is 12.3 Å². The molecule has 0 unspecified atom stereocenters. The van der Waals surface area contributed by atoms with Crippen LogP contribution < -0.4 is 16.2 Å². The number of rotatable bonds is 7. The molecule has 0 aliphatic carbocycles. The second-order valence-electron chi connectivity index (χ2n) is 8.04. The number of anilines is 1. The summed E-state index contributed by atoms with van der Waals surface area (Å²) in [5.41, 5.74) is 8.80. The van der Waals surface area contributed by atoms with Gasteiger partial charge in [-0.05, 0) is 50.2 Å². The van der Waals surface area contributed by atoms with E-state index in [2.05, 4.69) is 21.2 Å². The van der Waals surface area contributed by atoms with Crippen LogP contribution in [0.25, 0.3) is 5.69 Å². The van der Waals surface area contributed by atoms with E-state index in [0.29, 0.717) is 23.4 Å². The lowest BCUT2D eigenvalue weighted by molar-refractivity contribution is -0.116. The minimum Gasteiger partial charge on any atom is -0.337 e. The first-order valence-electron chi connectivity index (χ1n) is 11.1. The van der Waals surface area contributed by atoms with Crippen molar-refractivity contribution in [2.45, 2.75) is 26.8 Å². The van der Waals surface area contributed by atoms with Crippen LogP contribution in [-0.4, -0.2) is 31.8 Å². The van der Waals surface area contributed by atoms with E-state index >= 15 is 0 Å². The number of nitrogens with one attached hydrogen (secondary N) is 3. The maximum atomic E-state index is 12.8. The van der Waals surface area contributed by atoms with Crippen LogP contribution in [0.1, 0.15) is 38.5 Å². The van der Waals surface area contributed by atoms with Crippen LogP contribution in [0.4, 0.5) is 5.69 Å². The molecule has 3 amide bonds. The van der Waals surface area contributed by atoms with Crippen molar-refractivity contribution in [2.24, 2.45) is 0 Å². The van der Waals surface area contributed by atoms with Crippen LogP contribution in [-0.2, 0) is 11.3 Å². The maximum Gasteiger partial charge on any atom is 0.271 e. The van der Waals surface area contributed by atoms with Crippen molar-refractivity contribution in [3.63, 3.8) is 0 Å². The Bertz CT molecular complexity index is 1340. The van der Waals surface area contributed by atoms with Crippen LogP contribution in [0, 0.1) is 13.8 Å². The first-order chi connectivity index (χ1) is 16.9. The summed E-state index contributed by atoms with van der Waals surface area (Å²) in [5.74, 6) is -1.10. The number of nitrogens with zero attached hydrogens (tertiary/aromatic N) is 3. The number of hydrogen-bond donors (Lipinski definition) is 3. The highest BCUT2D eigenvalue weighted by Gasteiger charge is 2.17. The number of aryl methyl sites for hydroxylation is 2. The Morgan fingerprint density at radius 3 is 2.43 bits per heavy atom. The van der Waals surface area contributed by atoms with Crippen molar-refractivity contribution in [3.8, 4) is 5.69 Å². The molecule has 178 valence electrons. The molecular formula is C26H26N6O3. The number of carbonyl (C=O) groups is 3. The second-order valence-corrected chi connectivity index (χ2v) is 8.04. The Morgan fingerprint density at radius 1 is 0.914 bits per heavy atom. The van der Waals surface area contributed by atoms with Gasteiger partial charge in [0.05, 0.1) is 11.9 Å². The summed E-state index contributed by atoms with van der Waals surface area (Å²) < 4.78 is 3.79. The number of carbonyl (C=O) groups excluding carboxylic acids is 3. The number of amides is 3. The third-order valence-electron chi connectivity index (χ3n) is 5.54. The van der Waals surface area contributed by atoms with Gasteiger partial charge in [-0.3, -0.25) is 25.2 Å². The van der Waals surface area contributed by atoms with E-state index in [4.69, 9.17) is 0 Å². The molecule has 0 aliphatic rings. The van der Waals surface area contributed by atoms with Gasteiger partial charge in [0.1, 0.15) is 0 Å². The molecule has 2 aromatic carbocycles. The maximum absolute atomic E-state index is 12.8. The summed E-state index contributed by atoms with van der Waals surface area (Å²) >= 11 is 0. The molecule has 4 aromatic rings. The molecule has 0 bridgehead atoms. The zero-order valence-corrected chi connectivity index (χ0v) is 19.5. The van der Waals surface area contributed by atoms with E-state index < -0.39 is 11.8 Å². The predicted molar refractivity (Wildman–Crippen MR) is 132 cm³/mol. The predicted octanol–water partition coefficient (Wildman–Crippen LogP) is 3.39. The van der Waals surface area contributed by atoms with E-state index in [1.807, 2.05) is 53.3 Å². The van der Waals surface area contributed by atoms with E-state index in [1.54, 1.807) is 49.1 Å². The fourth-order valence-corrected chi connectivity index (χ4v) is 3.83. The Labute approximate surface area is 202 Å². The molecule has 2 aromatic heterocycles. The van der Waals surface area contributed by atoms with E-state index in [0.717, 1.165) is 17.1 Å². The van der Waals surface area contributed by atoms with Gasteiger partial charge in [-0.1, -0.05) is 24.3 Å². The van der Waals surface area contributed by atoms with Crippen molar-refractivity contribution in [1.29, 1.82) is 0 Å². The average Bonchev–Trinajstić information content (AvgIpc) is 3.49. The van der Waals surface area contributed by atoms with Crippen molar-refractivity contribution >= 4 is 23.4 Å². The largest absolute Gasteiger partial charge is 0.337 e. The van der Waals surface area contributed by atoms with Gasteiger partial charge in [0.15, 0.2) is 0 Å². The van der Waals surface area contributed by atoms with Gasteiger partial charge < -0.3 is 14.5 Å². The zero-order chi connectivity index (χ0) is 24.8. The molecular weight excluding hydrogens is 444 g/mol. The zero-order valence-electron chi connectivity index (χ0n) is 19.5. The monoisotopic (exact) mass is 470 g/mol. The highest BCUT2D eigenvalue weighted by Crippen LogP contribution is 2.20. The molecule has 0 aliphatic heterocycles. The van der Waals surface area contributed by atoms with Crippen LogP contribution in [0.2, 0.25) is 0 Å². The molecule has 0 radical (unpaired) electrons. The minimum absolute atomic E-state index is 0.182. The number of aromatic nitrogens is 3. The molecule has 35 heavy (non-hydrogen) atoms. The molecule has 0 atom stereocenters. The number of imidazole rings is 1. The van der Waals surface area contributed by atoms with Crippen LogP contribution in [0.5, 0.6) is 0 Å². The molecule has 2 heterocycles. The first-order valence-corrected chi connectivity index (χ1v) is 11.1. The third kappa shape index (κ3) is 5.64. The first kappa shape index (κ1) is 23.5. The molecule has 0 saturated carbocycles. The second kappa shape index (κ2) is 10.5. The summed E-state index contributed by atoms with van der Waals surface area (Å²) in [4.78, 5) is 41.6. The number of hydrogen-bond acceptors (Lipinski definition) is 4. The number of para-hydroxylation sites is 1. The highest BCUT2D eigenvalue weighted by atomic mass is 16.2. The third-order valence-corrected chi connectivity index (χ3v) is 5.54. The van der Waals surface area contributed by atoms with Crippen molar-refractivity contribution < 1.29 is 14.4 Å². The van der Waals surface area contributed by atoms with Crippen LogP contribution in [0.15, 0.2) is 79.4 Å².